The van der Waals surface area contributed by atoms with Gasteiger partial charge in [-0.25, -0.2) is 4.98 Å². The summed E-state index contributed by atoms with van der Waals surface area (Å²) in [5.41, 5.74) is -0.681. The number of carbonyl (C=O) groups is 1. The predicted octanol–water partition coefficient (Wildman–Crippen LogP) is 1.92. The molecule has 1 amide bonds. The molecule has 0 atom stereocenters. The van der Waals surface area contributed by atoms with Crippen LogP contribution in [0.1, 0.15) is 35.7 Å². The maximum atomic E-state index is 12.5. The third kappa shape index (κ3) is 4.08. The number of nitrogens with one attached hydrogen (secondary N) is 2. The Hall–Kier alpha value is -2.32. The highest BCUT2D eigenvalue weighted by Gasteiger charge is 2.29. The zero-order valence-electron chi connectivity index (χ0n) is 15.6. The highest BCUT2D eigenvalue weighted by molar-refractivity contribution is 7.98. The maximum absolute atomic E-state index is 12.5. The minimum Gasteiger partial charge on any atom is -0.501 e. The van der Waals surface area contributed by atoms with Crippen molar-refractivity contribution < 1.29 is 9.90 Å². The molecule has 140 valence electrons. The molecule has 0 radical (unpaired) electrons. The fraction of sp³-hybridized carbons (Fsp3) is 0.389. The van der Waals surface area contributed by atoms with Crippen LogP contribution in [-0.2, 0) is 12.1 Å². The molecule has 26 heavy (non-hydrogen) atoms. The van der Waals surface area contributed by atoms with E-state index >= 15 is 0 Å². The van der Waals surface area contributed by atoms with Crippen LogP contribution in [0.3, 0.4) is 0 Å². The van der Waals surface area contributed by atoms with Crippen LogP contribution in [0.4, 0.5) is 0 Å². The van der Waals surface area contributed by atoms with Gasteiger partial charge in [0.25, 0.3) is 11.5 Å². The fourth-order valence-corrected chi connectivity index (χ4v) is 2.85. The molecule has 7 nitrogen and oxygen atoms in total. The quantitative estimate of drug-likeness (QED) is 0.667. The number of aromatic hydroxyl groups is 1. The Morgan fingerprint density at radius 2 is 2.00 bits per heavy atom. The summed E-state index contributed by atoms with van der Waals surface area (Å²) in [5, 5.41) is 12.7. The van der Waals surface area contributed by atoms with E-state index in [0.29, 0.717) is 5.82 Å². The van der Waals surface area contributed by atoms with Gasteiger partial charge >= 0.3 is 0 Å². The smallest absolute Gasteiger partial charge is 0.293 e. The van der Waals surface area contributed by atoms with Crippen molar-refractivity contribution in [3.05, 3.63) is 51.7 Å². The SMILES string of the molecule is CSc1ccccc1CNC(=O)c1nc(C(C)(C)N(C)C)[nH]c(=O)c1O. The average molecular weight is 376 g/mol. The maximum Gasteiger partial charge on any atom is 0.293 e. The summed E-state index contributed by atoms with van der Waals surface area (Å²) in [4.78, 5) is 34.3. The summed E-state index contributed by atoms with van der Waals surface area (Å²) < 4.78 is 0. The van der Waals surface area contributed by atoms with Crippen LogP contribution in [0, 0.1) is 0 Å². The Bertz CT molecular complexity index is 862. The molecule has 1 aromatic carbocycles. The van der Waals surface area contributed by atoms with Crippen LogP contribution in [0.2, 0.25) is 0 Å². The van der Waals surface area contributed by atoms with Crippen molar-refractivity contribution in [2.24, 2.45) is 0 Å². The van der Waals surface area contributed by atoms with E-state index in [1.54, 1.807) is 11.8 Å². The van der Waals surface area contributed by atoms with Gasteiger partial charge in [0.1, 0.15) is 5.82 Å². The monoisotopic (exact) mass is 376 g/mol. The van der Waals surface area contributed by atoms with Crippen LogP contribution in [-0.4, -0.2) is 46.2 Å². The first-order valence-corrected chi connectivity index (χ1v) is 9.32. The highest BCUT2D eigenvalue weighted by Crippen LogP contribution is 2.23. The number of H-pyrrole nitrogens is 1. The third-order valence-electron chi connectivity index (χ3n) is 4.44. The summed E-state index contributed by atoms with van der Waals surface area (Å²) >= 11 is 1.58. The van der Waals surface area contributed by atoms with Crippen molar-refractivity contribution in [2.75, 3.05) is 20.4 Å². The van der Waals surface area contributed by atoms with Crippen LogP contribution in [0.5, 0.6) is 5.75 Å². The molecule has 3 N–H and O–H groups in total. The Balaban J connectivity index is 2.31. The van der Waals surface area contributed by atoms with E-state index in [4.69, 9.17) is 0 Å². The van der Waals surface area contributed by atoms with Gasteiger partial charge in [-0.15, -0.1) is 11.8 Å². The highest BCUT2D eigenvalue weighted by atomic mass is 32.2. The molecule has 0 unspecified atom stereocenters. The number of hydrogen-bond donors (Lipinski definition) is 3. The number of thioether (sulfide) groups is 1. The predicted molar refractivity (Wildman–Crippen MR) is 103 cm³/mol. The Labute approximate surface area is 156 Å². The molecule has 1 heterocycles. The lowest BCUT2D eigenvalue weighted by Crippen LogP contribution is -2.39. The molecule has 0 aliphatic rings. The number of nitrogens with zero attached hydrogens (tertiary/aromatic N) is 2. The standard InChI is InChI=1S/C18H24N4O3S/c1-18(2,22(3)4)17-20-13(14(23)16(25)21-17)15(24)19-10-11-8-6-7-9-12(11)26-5/h6-9,23H,10H2,1-5H3,(H,19,24)(H,20,21,25). The average Bonchev–Trinajstić information content (AvgIpc) is 2.61. The van der Waals surface area contributed by atoms with Crippen LogP contribution < -0.4 is 10.9 Å². The molecule has 0 aliphatic heterocycles. The van der Waals surface area contributed by atoms with Crippen LogP contribution in [0.15, 0.2) is 34.0 Å². The molecular formula is C18H24N4O3S. The lowest BCUT2D eigenvalue weighted by molar-refractivity contribution is 0.0940. The summed E-state index contributed by atoms with van der Waals surface area (Å²) in [6, 6.07) is 7.70. The largest absolute Gasteiger partial charge is 0.501 e. The van der Waals surface area contributed by atoms with Gasteiger partial charge in [0.2, 0.25) is 5.75 Å². The Morgan fingerprint density at radius 1 is 1.35 bits per heavy atom. The van der Waals surface area contributed by atoms with Gasteiger partial charge in [-0.3, -0.25) is 14.5 Å². The minimum atomic E-state index is -0.736. The summed E-state index contributed by atoms with van der Waals surface area (Å²) in [5.74, 6) is -0.973. The molecular weight excluding hydrogens is 352 g/mol. The van der Waals surface area contributed by atoms with E-state index in [2.05, 4.69) is 15.3 Å². The van der Waals surface area contributed by atoms with Gasteiger partial charge in [-0.1, -0.05) is 18.2 Å². The first-order chi connectivity index (χ1) is 12.2. The van der Waals surface area contributed by atoms with Crippen molar-refractivity contribution in [3.8, 4) is 5.75 Å². The molecule has 0 spiro atoms. The molecule has 2 aromatic rings. The fourth-order valence-electron chi connectivity index (χ4n) is 2.24. The Morgan fingerprint density at radius 3 is 2.62 bits per heavy atom. The molecule has 0 saturated carbocycles. The van der Waals surface area contributed by atoms with E-state index in [0.717, 1.165) is 10.5 Å². The number of aromatic nitrogens is 2. The van der Waals surface area contributed by atoms with Gasteiger partial charge in [-0.05, 0) is 45.8 Å². The molecule has 8 heteroatoms. The van der Waals surface area contributed by atoms with Gasteiger partial charge in [-0.2, -0.15) is 0 Å². The first kappa shape index (κ1) is 20.0. The zero-order valence-corrected chi connectivity index (χ0v) is 16.4. The normalized spacial score (nSPS) is 11.6. The van der Waals surface area contributed by atoms with Crippen molar-refractivity contribution in [1.29, 1.82) is 0 Å². The lowest BCUT2D eigenvalue weighted by Gasteiger charge is -2.31. The second kappa shape index (κ2) is 7.92. The molecule has 1 aromatic heterocycles. The summed E-state index contributed by atoms with van der Waals surface area (Å²) in [6.45, 7) is 3.99. The first-order valence-electron chi connectivity index (χ1n) is 8.09. The second-order valence-corrected chi connectivity index (χ2v) is 7.41. The van der Waals surface area contributed by atoms with Gasteiger partial charge in [0.05, 0.1) is 5.54 Å². The van der Waals surface area contributed by atoms with Gasteiger partial charge < -0.3 is 15.4 Å². The third-order valence-corrected chi connectivity index (χ3v) is 5.28. The Kier molecular flexibility index (Phi) is 6.09. The second-order valence-electron chi connectivity index (χ2n) is 6.56. The molecule has 0 saturated heterocycles. The van der Waals surface area contributed by atoms with E-state index in [1.165, 1.54) is 0 Å². The van der Waals surface area contributed by atoms with Gasteiger partial charge in [0, 0.05) is 11.4 Å². The number of benzene rings is 1. The van der Waals surface area contributed by atoms with E-state index in [-0.39, 0.29) is 12.2 Å². The lowest BCUT2D eigenvalue weighted by atomic mass is 10.0. The van der Waals surface area contributed by atoms with Crippen molar-refractivity contribution in [3.63, 3.8) is 0 Å². The van der Waals surface area contributed by atoms with E-state index in [1.807, 2.05) is 63.4 Å². The minimum absolute atomic E-state index is 0.274. The van der Waals surface area contributed by atoms with Crippen LogP contribution >= 0.6 is 11.8 Å². The van der Waals surface area contributed by atoms with E-state index < -0.39 is 22.8 Å². The number of rotatable bonds is 6. The molecule has 0 fully saturated rings. The van der Waals surface area contributed by atoms with Gasteiger partial charge in [0.15, 0.2) is 5.69 Å². The summed E-state index contributed by atoms with van der Waals surface area (Å²) in [6.07, 6.45) is 1.96. The molecule has 0 bridgehead atoms. The van der Waals surface area contributed by atoms with Crippen LogP contribution in [0.25, 0.3) is 0 Å². The number of amides is 1. The molecule has 0 aliphatic carbocycles. The molecule has 2 rings (SSSR count). The topological polar surface area (TPSA) is 98.3 Å². The number of hydrogen-bond acceptors (Lipinski definition) is 6. The summed E-state index contributed by atoms with van der Waals surface area (Å²) in [7, 11) is 3.68. The van der Waals surface area contributed by atoms with Crippen molar-refractivity contribution in [1.82, 2.24) is 20.2 Å². The number of aromatic amines is 1. The zero-order chi connectivity index (χ0) is 19.5. The van der Waals surface area contributed by atoms with E-state index in [9.17, 15) is 14.7 Å². The van der Waals surface area contributed by atoms with Crippen molar-refractivity contribution >= 4 is 17.7 Å². The number of carbonyl (C=O) groups excluding carboxylic acids is 1. The van der Waals surface area contributed by atoms with Crippen molar-refractivity contribution in [2.45, 2.75) is 30.8 Å².